The first-order valence-electron chi connectivity index (χ1n) is 5.47. The van der Waals surface area contributed by atoms with E-state index in [0.29, 0.717) is 12.3 Å². The molecule has 0 aromatic heterocycles. The van der Waals surface area contributed by atoms with Crippen molar-refractivity contribution < 1.29 is 4.79 Å². The Balaban J connectivity index is 2.40. The lowest BCUT2D eigenvalue weighted by atomic mass is 10.2. The maximum Gasteiger partial charge on any atom is 0.234 e. The van der Waals surface area contributed by atoms with Crippen molar-refractivity contribution in [3.8, 4) is 0 Å². The normalized spacial score (nSPS) is 10.3. The standard InChI is InChI=1S/C12H17BrN2OS/c1-9-7-10(13)3-4-11(9)15-12(16)8-17-6-2-5-14/h3-4,7H,2,5-6,8,14H2,1H3,(H,15,16). The molecule has 3 N–H and O–H groups in total. The van der Waals surface area contributed by atoms with E-state index in [1.165, 1.54) is 0 Å². The Labute approximate surface area is 115 Å². The van der Waals surface area contributed by atoms with Crippen molar-refractivity contribution >= 4 is 39.3 Å². The van der Waals surface area contributed by atoms with Gasteiger partial charge in [0.1, 0.15) is 0 Å². The lowest BCUT2D eigenvalue weighted by Crippen LogP contribution is -2.15. The van der Waals surface area contributed by atoms with Crippen LogP contribution < -0.4 is 11.1 Å². The van der Waals surface area contributed by atoms with E-state index in [0.717, 1.165) is 27.9 Å². The summed E-state index contributed by atoms with van der Waals surface area (Å²) in [5, 5.41) is 2.90. The molecule has 1 aromatic carbocycles. The number of carbonyl (C=O) groups excluding carboxylic acids is 1. The zero-order valence-corrected chi connectivity index (χ0v) is 12.2. The summed E-state index contributed by atoms with van der Waals surface area (Å²) < 4.78 is 1.02. The van der Waals surface area contributed by atoms with Crippen LogP contribution >= 0.6 is 27.7 Å². The number of nitrogens with two attached hydrogens (primary N) is 1. The zero-order valence-electron chi connectivity index (χ0n) is 9.83. The number of anilines is 1. The summed E-state index contributed by atoms with van der Waals surface area (Å²) in [4.78, 5) is 11.6. The molecule has 0 fully saturated rings. The van der Waals surface area contributed by atoms with E-state index in [1.807, 2.05) is 25.1 Å². The van der Waals surface area contributed by atoms with Gasteiger partial charge >= 0.3 is 0 Å². The molecule has 0 saturated carbocycles. The highest BCUT2D eigenvalue weighted by Crippen LogP contribution is 2.20. The molecule has 0 aliphatic rings. The second kappa shape index (κ2) is 7.74. The van der Waals surface area contributed by atoms with Gasteiger partial charge < -0.3 is 11.1 Å². The summed E-state index contributed by atoms with van der Waals surface area (Å²) in [7, 11) is 0. The van der Waals surface area contributed by atoms with Crippen LogP contribution in [0.3, 0.4) is 0 Å². The molecule has 1 amide bonds. The van der Waals surface area contributed by atoms with Gasteiger partial charge in [0.2, 0.25) is 5.91 Å². The smallest absolute Gasteiger partial charge is 0.234 e. The van der Waals surface area contributed by atoms with Gasteiger partial charge in [-0.3, -0.25) is 4.79 Å². The van der Waals surface area contributed by atoms with Crippen LogP contribution in [-0.4, -0.2) is 24.0 Å². The monoisotopic (exact) mass is 316 g/mol. The van der Waals surface area contributed by atoms with Crippen molar-refractivity contribution in [2.24, 2.45) is 5.73 Å². The molecule has 5 heteroatoms. The molecule has 0 spiro atoms. The molecule has 0 bridgehead atoms. The number of rotatable bonds is 6. The second-order valence-electron chi connectivity index (χ2n) is 3.70. The Bertz CT molecular complexity index is 385. The average molecular weight is 317 g/mol. The van der Waals surface area contributed by atoms with Gasteiger partial charge in [-0.05, 0) is 49.4 Å². The molecule has 3 nitrogen and oxygen atoms in total. The number of hydrogen-bond donors (Lipinski definition) is 2. The fourth-order valence-electron chi connectivity index (χ4n) is 1.30. The third-order valence-electron chi connectivity index (χ3n) is 2.19. The van der Waals surface area contributed by atoms with Crippen LogP contribution in [0.25, 0.3) is 0 Å². The highest BCUT2D eigenvalue weighted by Gasteiger charge is 2.04. The molecule has 0 aliphatic heterocycles. The molecule has 94 valence electrons. The maximum absolute atomic E-state index is 11.6. The molecule has 1 rings (SSSR count). The lowest BCUT2D eigenvalue weighted by Gasteiger charge is -2.08. The molecular formula is C12H17BrN2OS. The third kappa shape index (κ3) is 5.57. The number of nitrogens with one attached hydrogen (secondary N) is 1. The highest BCUT2D eigenvalue weighted by atomic mass is 79.9. The van der Waals surface area contributed by atoms with E-state index in [4.69, 9.17) is 5.73 Å². The van der Waals surface area contributed by atoms with Gasteiger partial charge in [0.25, 0.3) is 0 Å². The summed E-state index contributed by atoms with van der Waals surface area (Å²) in [5.74, 6) is 1.45. The second-order valence-corrected chi connectivity index (χ2v) is 5.72. The van der Waals surface area contributed by atoms with Gasteiger partial charge in [-0.25, -0.2) is 0 Å². The van der Waals surface area contributed by atoms with Gasteiger partial charge in [0.15, 0.2) is 0 Å². The number of amides is 1. The summed E-state index contributed by atoms with van der Waals surface area (Å²) >= 11 is 5.01. The van der Waals surface area contributed by atoms with Crippen LogP contribution in [0.15, 0.2) is 22.7 Å². The van der Waals surface area contributed by atoms with Crippen LogP contribution in [0, 0.1) is 6.92 Å². The van der Waals surface area contributed by atoms with Gasteiger partial charge in [-0.15, -0.1) is 0 Å². The Morgan fingerprint density at radius 2 is 2.29 bits per heavy atom. The average Bonchev–Trinajstić information content (AvgIpc) is 2.28. The van der Waals surface area contributed by atoms with E-state index in [2.05, 4.69) is 21.2 Å². The van der Waals surface area contributed by atoms with Gasteiger partial charge in [-0.2, -0.15) is 11.8 Å². The molecule has 0 radical (unpaired) electrons. The third-order valence-corrected chi connectivity index (χ3v) is 3.73. The van der Waals surface area contributed by atoms with Crippen LogP contribution in [0.4, 0.5) is 5.69 Å². The van der Waals surface area contributed by atoms with Gasteiger partial charge in [-0.1, -0.05) is 15.9 Å². The van der Waals surface area contributed by atoms with E-state index in [1.54, 1.807) is 11.8 Å². The molecule has 0 atom stereocenters. The Hall–Kier alpha value is -0.520. The summed E-state index contributed by atoms with van der Waals surface area (Å²) in [6.45, 7) is 2.66. The van der Waals surface area contributed by atoms with Gasteiger partial charge in [0.05, 0.1) is 5.75 Å². The minimum absolute atomic E-state index is 0.0393. The Kier molecular flexibility index (Phi) is 6.62. The zero-order chi connectivity index (χ0) is 12.7. The number of benzene rings is 1. The largest absolute Gasteiger partial charge is 0.330 e. The van der Waals surface area contributed by atoms with Gasteiger partial charge in [0, 0.05) is 10.2 Å². The van der Waals surface area contributed by atoms with Crippen LogP contribution in [-0.2, 0) is 4.79 Å². The first kappa shape index (κ1) is 14.5. The van der Waals surface area contributed by atoms with E-state index >= 15 is 0 Å². The minimum atomic E-state index is 0.0393. The van der Waals surface area contributed by atoms with Crippen molar-refractivity contribution in [1.29, 1.82) is 0 Å². The van der Waals surface area contributed by atoms with Crippen molar-refractivity contribution in [3.05, 3.63) is 28.2 Å². The molecule has 0 saturated heterocycles. The first-order chi connectivity index (χ1) is 8.13. The highest BCUT2D eigenvalue weighted by molar-refractivity contribution is 9.10. The van der Waals surface area contributed by atoms with Crippen LogP contribution in [0.5, 0.6) is 0 Å². The topological polar surface area (TPSA) is 55.1 Å². The fraction of sp³-hybridized carbons (Fsp3) is 0.417. The number of hydrogen-bond acceptors (Lipinski definition) is 3. The van der Waals surface area contributed by atoms with Crippen molar-refractivity contribution in [3.63, 3.8) is 0 Å². The van der Waals surface area contributed by atoms with Crippen LogP contribution in [0.2, 0.25) is 0 Å². The first-order valence-corrected chi connectivity index (χ1v) is 7.42. The number of aryl methyl sites for hydroxylation is 1. The van der Waals surface area contributed by atoms with E-state index in [-0.39, 0.29) is 5.91 Å². The number of carbonyl (C=O) groups is 1. The van der Waals surface area contributed by atoms with E-state index < -0.39 is 0 Å². The van der Waals surface area contributed by atoms with Crippen molar-refractivity contribution in [2.75, 3.05) is 23.4 Å². The van der Waals surface area contributed by atoms with Crippen molar-refractivity contribution in [2.45, 2.75) is 13.3 Å². The lowest BCUT2D eigenvalue weighted by molar-refractivity contribution is -0.113. The van der Waals surface area contributed by atoms with E-state index in [9.17, 15) is 4.79 Å². The number of halogens is 1. The maximum atomic E-state index is 11.6. The van der Waals surface area contributed by atoms with Crippen LogP contribution in [0.1, 0.15) is 12.0 Å². The SMILES string of the molecule is Cc1cc(Br)ccc1NC(=O)CSCCCN. The fourth-order valence-corrected chi connectivity index (χ4v) is 2.55. The predicted molar refractivity (Wildman–Crippen MR) is 78.5 cm³/mol. The van der Waals surface area contributed by atoms with Crippen molar-refractivity contribution in [1.82, 2.24) is 0 Å². The summed E-state index contributed by atoms with van der Waals surface area (Å²) in [6, 6.07) is 5.81. The quantitative estimate of drug-likeness (QED) is 0.793. The Morgan fingerprint density at radius 3 is 2.94 bits per heavy atom. The predicted octanol–water partition coefficient (Wildman–Crippen LogP) is 2.78. The molecule has 0 heterocycles. The Morgan fingerprint density at radius 1 is 1.53 bits per heavy atom. The molecule has 17 heavy (non-hydrogen) atoms. The summed E-state index contributed by atoms with van der Waals surface area (Å²) in [6.07, 6.45) is 0.954. The molecule has 0 aliphatic carbocycles. The minimum Gasteiger partial charge on any atom is -0.330 e. The molecular weight excluding hydrogens is 300 g/mol. The summed E-state index contributed by atoms with van der Waals surface area (Å²) in [5.41, 5.74) is 7.31. The molecule has 0 unspecified atom stereocenters. The number of thioether (sulfide) groups is 1. The molecule has 1 aromatic rings.